The van der Waals surface area contributed by atoms with E-state index in [-0.39, 0.29) is 7.43 Å². The predicted molar refractivity (Wildman–Crippen MR) is 80.1 cm³/mol. The minimum Gasteiger partial charge on any atom is -0.449 e. The number of hydrogen-bond acceptors (Lipinski definition) is 3. The van der Waals surface area contributed by atoms with E-state index in [1.807, 2.05) is 18.2 Å². The van der Waals surface area contributed by atoms with E-state index in [9.17, 15) is 0 Å². The number of ether oxygens (including phenoxy) is 1. The number of hydrogen-bond donors (Lipinski definition) is 2. The van der Waals surface area contributed by atoms with Crippen LogP contribution in [0.2, 0.25) is 0 Å². The zero-order chi connectivity index (χ0) is 12.8. The second-order valence-electron chi connectivity index (χ2n) is 5.08. The zero-order valence-electron chi connectivity index (χ0n) is 10.6. The molecule has 102 valence electrons. The molecule has 19 heavy (non-hydrogen) atoms. The molecule has 1 aromatic rings. The van der Waals surface area contributed by atoms with Gasteiger partial charge in [0.15, 0.2) is 11.5 Å². The summed E-state index contributed by atoms with van der Waals surface area (Å²) in [5.41, 5.74) is 14.8. The first kappa shape index (κ1) is 13.8. The maximum atomic E-state index is 5.88. The van der Waals surface area contributed by atoms with E-state index in [0.29, 0.717) is 6.42 Å². The maximum Gasteiger partial charge on any atom is 0.173 e. The van der Waals surface area contributed by atoms with Gasteiger partial charge in [0.2, 0.25) is 0 Å². The molecule has 4 N–H and O–H groups in total. The Hall–Kier alpha value is -1.58. The first-order valence-electron chi connectivity index (χ1n) is 6.42. The van der Waals surface area contributed by atoms with Crippen LogP contribution >= 0.6 is 0 Å². The minimum atomic E-state index is -0.701. The van der Waals surface area contributed by atoms with Crippen molar-refractivity contribution in [2.24, 2.45) is 11.5 Å². The summed E-state index contributed by atoms with van der Waals surface area (Å²) in [4.78, 5) is 0. The van der Waals surface area contributed by atoms with E-state index in [2.05, 4.69) is 19.1 Å². The molecule has 0 bridgehead atoms. The molecule has 1 aliphatic heterocycles. The Morgan fingerprint density at radius 1 is 1.32 bits per heavy atom. The predicted octanol–water partition coefficient (Wildman–Crippen LogP) is 3.34. The molecule has 0 saturated carbocycles. The van der Waals surface area contributed by atoms with Crippen molar-refractivity contribution in [1.82, 2.24) is 0 Å². The highest BCUT2D eigenvalue weighted by molar-refractivity contribution is 5.81. The Morgan fingerprint density at radius 2 is 2.11 bits per heavy atom. The number of nitrogens with two attached hydrogens (primary N) is 2. The van der Waals surface area contributed by atoms with Crippen LogP contribution in [0.25, 0.3) is 5.57 Å². The third-order valence-corrected chi connectivity index (χ3v) is 3.45. The second-order valence-corrected chi connectivity index (χ2v) is 5.08. The lowest BCUT2D eigenvalue weighted by Gasteiger charge is -2.23. The highest BCUT2D eigenvalue weighted by Crippen LogP contribution is 2.51. The topological polar surface area (TPSA) is 64.6 Å². The van der Waals surface area contributed by atoms with Gasteiger partial charge >= 0.3 is 0 Å². The standard InChI is InChI=1S/C15H18N2O.CH4/c1-2-3-12-11(4-5-13-14(12)18-13)10-6-8-15(16,17)9-7-10;/h4-8H,2-3,9,16-17H2,1H3;1H4. The summed E-state index contributed by atoms with van der Waals surface area (Å²) in [5.74, 6) is 2.09. The molecule has 2 aliphatic rings. The van der Waals surface area contributed by atoms with Crippen molar-refractivity contribution in [2.75, 3.05) is 0 Å². The van der Waals surface area contributed by atoms with Crippen LogP contribution in [0.3, 0.4) is 0 Å². The van der Waals surface area contributed by atoms with Crippen LogP contribution in [-0.2, 0) is 6.42 Å². The monoisotopic (exact) mass is 258 g/mol. The van der Waals surface area contributed by atoms with Gasteiger partial charge in [0.05, 0.1) is 5.66 Å². The molecule has 1 aliphatic carbocycles. The van der Waals surface area contributed by atoms with E-state index in [1.54, 1.807) is 0 Å². The highest BCUT2D eigenvalue weighted by Gasteiger charge is 2.27. The molecule has 3 heteroatoms. The first-order chi connectivity index (χ1) is 8.61. The van der Waals surface area contributed by atoms with Crippen molar-refractivity contribution < 1.29 is 4.74 Å². The third kappa shape index (κ3) is 2.57. The van der Waals surface area contributed by atoms with Crippen LogP contribution in [0.4, 0.5) is 0 Å². The average molecular weight is 258 g/mol. The van der Waals surface area contributed by atoms with Crippen LogP contribution < -0.4 is 16.2 Å². The Morgan fingerprint density at radius 3 is 2.74 bits per heavy atom. The van der Waals surface area contributed by atoms with Crippen molar-refractivity contribution in [3.63, 3.8) is 0 Å². The summed E-state index contributed by atoms with van der Waals surface area (Å²) in [6, 6.07) is 4.16. The van der Waals surface area contributed by atoms with Crippen molar-refractivity contribution in [1.29, 1.82) is 0 Å². The first-order valence-corrected chi connectivity index (χ1v) is 6.42. The van der Waals surface area contributed by atoms with Gasteiger partial charge in [0, 0.05) is 12.0 Å². The number of rotatable bonds is 3. The Labute approximate surface area is 114 Å². The Bertz CT molecular complexity index is 556. The van der Waals surface area contributed by atoms with Gasteiger partial charge in [0.25, 0.3) is 0 Å². The van der Waals surface area contributed by atoms with E-state index in [1.165, 1.54) is 16.7 Å². The van der Waals surface area contributed by atoms with Gasteiger partial charge in [-0.3, -0.25) is 0 Å². The molecular weight excluding hydrogens is 236 g/mol. The minimum absolute atomic E-state index is 0. The Balaban J connectivity index is 0.00000133. The molecule has 0 fully saturated rings. The average Bonchev–Trinajstić information content (AvgIpc) is 3.10. The highest BCUT2D eigenvalue weighted by atomic mass is 16.6. The molecule has 0 spiro atoms. The molecule has 0 atom stereocenters. The quantitative estimate of drug-likeness (QED) is 0.655. The third-order valence-electron chi connectivity index (χ3n) is 3.45. The smallest absolute Gasteiger partial charge is 0.173 e. The number of allylic oxidation sites excluding steroid dienone is 2. The van der Waals surface area contributed by atoms with Crippen LogP contribution in [0.5, 0.6) is 11.5 Å². The fourth-order valence-electron chi connectivity index (χ4n) is 2.42. The molecule has 0 saturated heterocycles. The molecule has 3 rings (SSSR count). The van der Waals surface area contributed by atoms with Crippen molar-refractivity contribution >= 4 is 5.57 Å². The largest absolute Gasteiger partial charge is 0.449 e. The summed E-state index contributed by atoms with van der Waals surface area (Å²) in [5, 5.41) is 0. The van der Waals surface area contributed by atoms with Gasteiger partial charge in [-0.15, -0.1) is 0 Å². The van der Waals surface area contributed by atoms with Gasteiger partial charge in [-0.25, -0.2) is 0 Å². The normalized spacial score (nSPS) is 17.9. The van der Waals surface area contributed by atoms with Crippen molar-refractivity contribution in [3.8, 4) is 11.5 Å². The van der Waals surface area contributed by atoms with Crippen LogP contribution in [0, 0.1) is 0 Å². The summed E-state index contributed by atoms with van der Waals surface area (Å²) >= 11 is 0. The molecule has 3 nitrogen and oxygen atoms in total. The van der Waals surface area contributed by atoms with Crippen LogP contribution in [0.1, 0.15) is 38.3 Å². The van der Waals surface area contributed by atoms with Gasteiger partial charge in [-0.1, -0.05) is 39.0 Å². The Kier molecular flexibility index (Phi) is 3.52. The molecule has 1 aromatic carbocycles. The summed E-state index contributed by atoms with van der Waals surface area (Å²) < 4.78 is 5.49. The number of fused-ring (bicyclic) bond motifs is 1. The molecule has 0 aromatic heterocycles. The fraction of sp³-hybridized carbons (Fsp3) is 0.375. The zero-order valence-corrected chi connectivity index (χ0v) is 10.6. The molecular formula is C16H22N2O. The van der Waals surface area contributed by atoms with E-state index in [4.69, 9.17) is 16.2 Å². The summed E-state index contributed by atoms with van der Waals surface area (Å²) in [7, 11) is 0. The molecule has 0 radical (unpaired) electrons. The summed E-state index contributed by atoms with van der Waals surface area (Å²) in [6.07, 6.45) is 8.84. The van der Waals surface area contributed by atoms with Crippen LogP contribution in [0.15, 0.2) is 30.4 Å². The van der Waals surface area contributed by atoms with Crippen molar-refractivity contribution in [3.05, 3.63) is 41.5 Å². The fourth-order valence-corrected chi connectivity index (χ4v) is 2.42. The van der Waals surface area contributed by atoms with E-state index >= 15 is 0 Å². The second kappa shape index (κ2) is 4.83. The van der Waals surface area contributed by atoms with Gasteiger partial charge < -0.3 is 16.2 Å². The molecule has 1 heterocycles. The molecule has 0 unspecified atom stereocenters. The lowest BCUT2D eigenvalue weighted by Crippen LogP contribution is -2.47. The lowest BCUT2D eigenvalue weighted by molar-refractivity contribution is 0.558. The van der Waals surface area contributed by atoms with Gasteiger partial charge in [-0.2, -0.15) is 0 Å². The number of benzene rings is 1. The maximum absolute atomic E-state index is 5.88. The van der Waals surface area contributed by atoms with E-state index in [0.717, 1.165) is 24.3 Å². The van der Waals surface area contributed by atoms with Crippen LogP contribution in [-0.4, -0.2) is 5.66 Å². The molecule has 0 amide bonds. The van der Waals surface area contributed by atoms with Gasteiger partial charge in [-0.05, 0) is 29.7 Å². The van der Waals surface area contributed by atoms with E-state index < -0.39 is 5.66 Å². The summed E-state index contributed by atoms with van der Waals surface area (Å²) in [6.45, 7) is 2.18. The SMILES string of the molecule is C.CCCc1c(C2=CCC(N)(N)C=C2)ccc2c1O2. The van der Waals surface area contributed by atoms with Crippen molar-refractivity contribution in [2.45, 2.75) is 39.3 Å². The van der Waals surface area contributed by atoms with Gasteiger partial charge in [0.1, 0.15) is 0 Å². The lowest BCUT2D eigenvalue weighted by atomic mass is 9.90.